The van der Waals surface area contributed by atoms with Gasteiger partial charge in [0, 0.05) is 11.0 Å². The molecule has 0 aliphatic heterocycles. The Kier molecular flexibility index (Phi) is 3.54. The summed E-state index contributed by atoms with van der Waals surface area (Å²) < 4.78 is 24.4. The van der Waals surface area contributed by atoms with Crippen LogP contribution in [-0.2, 0) is 15.6 Å². The van der Waals surface area contributed by atoms with Gasteiger partial charge < -0.3 is 10.3 Å². The van der Waals surface area contributed by atoms with Crippen molar-refractivity contribution in [2.45, 2.75) is 5.75 Å². The minimum absolute atomic E-state index is 0.0536. The quantitative estimate of drug-likeness (QED) is 0.593. The molecule has 0 unspecified atom stereocenters. The fourth-order valence-electron chi connectivity index (χ4n) is 1.78. The first kappa shape index (κ1) is 13.5. The fourth-order valence-corrected chi connectivity index (χ4v) is 2.85. The Morgan fingerprint density at radius 3 is 2.63 bits per heavy atom. The molecule has 2 rings (SSSR count). The molecule has 0 bridgehead atoms. The summed E-state index contributed by atoms with van der Waals surface area (Å²) in [6.07, 6.45) is 1.01. The summed E-state index contributed by atoms with van der Waals surface area (Å²) in [5.41, 5.74) is 0.393. The number of rotatable bonds is 4. The number of para-hydroxylation sites is 2. The molecular formula is C11H13N2O5S+. The molecule has 2 N–H and O–H groups in total. The van der Waals surface area contributed by atoms with Crippen molar-refractivity contribution < 1.29 is 23.2 Å². The van der Waals surface area contributed by atoms with Gasteiger partial charge in [-0.1, -0.05) is 12.1 Å². The molecule has 0 spiro atoms. The smallest absolute Gasteiger partial charge is 0.289 e. The molecule has 19 heavy (non-hydrogen) atoms. The Labute approximate surface area is 108 Å². The van der Waals surface area contributed by atoms with E-state index in [0.717, 1.165) is 6.20 Å². The predicted octanol–water partition coefficient (Wildman–Crippen LogP) is -0.300. The Bertz CT molecular complexity index is 766. The number of hydrogen-bond acceptors (Lipinski definition) is 5. The van der Waals surface area contributed by atoms with Crippen molar-refractivity contribution in [3.05, 3.63) is 41.1 Å². The zero-order chi connectivity index (χ0) is 14.0. The third-order valence-corrected chi connectivity index (χ3v) is 4.20. The maximum absolute atomic E-state index is 11.7. The molecule has 7 nitrogen and oxygen atoms in total. The van der Waals surface area contributed by atoms with Crippen molar-refractivity contribution in [2.75, 3.05) is 12.4 Å². The van der Waals surface area contributed by atoms with E-state index in [9.17, 15) is 18.5 Å². The third kappa shape index (κ3) is 2.74. The molecule has 8 heteroatoms. The Morgan fingerprint density at radius 2 is 1.95 bits per heavy atom. The molecular weight excluding hydrogens is 272 g/mol. The summed E-state index contributed by atoms with van der Waals surface area (Å²) in [6, 6.07) is 6.28. The fraction of sp³-hybridized carbons (Fsp3) is 0.273. The highest BCUT2D eigenvalue weighted by atomic mass is 32.2. The van der Waals surface area contributed by atoms with E-state index < -0.39 is 27.9 Å². The van der Waals surface area contributed by atoms with Crippen LogP contribution in [0.3, 0.4) is 0 Å². The molecule has 102 valence electrons. The van der Waals surface area contributed by atoms with E-state index in [4.69, 9.17) is 5.11 Å². The van der Waals surface area contributed by atoms with Crippen LogP contribution in [0.15, 0.2) is 30.5 Å². The summed E-state index contributed by atoms with van der Waals surface area (Å²) in [6.45, 7) is -0.501. The zero-order valence-electron chi connectivity index (χ0n) is 9.93. The van der Waals surface area contributed by atoms with Crippen molar-refractivity contribution in [1.82, 2.24) is 4.73 Å². The average Bonchev–Trinajstić information content (AvgIpc) is 2.35. The molecule has 0 aliphatic carbocycles. The largest absolute Gasteiger partial charge is 0.428 e. The first-order valence-corrected chi connectivity index (χ1v) is 7.33. The number of nitrogens with zero attached hydrogens (tertiary/aromatic N) is 2. The minimum atomic E-state index is -3.58. The predicted molar refractivity (Wildman–Crippen MR) is 67.1 cm³/mol. The Hall–Kier alpha value is -1.93. The van der Waals surface area contributed by atoms with Gasteiger partial charge in [-0.3, -0.25) is 0 Å². The molecule has 1 aromatic carbocycles. The summed E-state index contributed by atoms with van der Waals surface area (Å²) in [7, 11) is -3.58. The minimum Gasteiger partial charge on any atom is -0.428 e. The SMILES string of the molecule is O=[n+]1cc(CS(=O)(=O)CCO)n(O)c2ccccc21. The second kappa shape index (κ2) is 4.98. The number of hydrogen-bond donors (Lipinski definition) is 2. The van der Waals surface area contributed by atoms with Crippen LogP contribution < -0.4 is 4.43 Å². The van der Waals surface area contributed by atoms with Crippen LogP contribution in [0.4, 0.5) is 0 Å². The second-order valence-corrected chi connectivity index (χ2v) is 6.25. The normalized spacial score (nSPS) is 11.8. The van der Waals surface area contributed by atoms with Gasteiger partial charge in [0.05, 0.1) is 16.8 Å². The van der Waals surface area contributed by atoms with Crippen molar-refractivity contribution in [1.29, 1.82) is 0 Å². The van der Waals surface area contributed by atoms with Crippen LogP contribution in [0.1, 0.15) is 5.69 Å². The van der Waals surface area contributed by atoms with Crippen LogP contribution in [0.2, 0.25) is 0 Å². The van der Waals surface area contributed by atoms with E-state index in [1.54, 1.807) is 12.1 Å². The molecule has 0 fully saturated rings. The van der Waals surface area contributed by atoms with Gasteiger partial charge >= 0.3 is 0 Å². The van der Waals surface area contributed by atoms with Crippen LogP contribution >= 0.6 is 0 Å². The topological polar surface area (TPSA) is 103 Å². The molecule has 0 atom stereocenters. The van der Waals surface area contributed by atoms with Gasteiger partial charge in [0.1, 0.15) is 11.4 Å². The highest BCUT2D eigenvalue weighted by Crippen LogP contribution is 2.12. The van der Waals surface area contributed by atoms with Crippen molar-refractivity contribution in [2.24, 2.45) is 0 Å². The molecule has 0 saturated heterocycles. The monoisotopic (exact) mass is 285 g/mol. The van der Waals surface area contributed by atoms with Gasteiger partial charge in [-0.15, -0.1) is 0 Å². The van der Waals surface area contributed by atoms with Crippen LogP contribution in [0.5, 0.6) is 0 Å². The summed E-state index contributed by atoms with van der Waals surface area (Å²) in [4.78, 5) is 11.7. The lowest BCUT2D eigenvalue weighted by molar-refractivity contribution is -0.465. The van der Waals surface area contributed by atoms with E-state index in [1.165, 1.54) is 12.1 Å². The van der Waals surface area contributed by atoms with Gasteiger partial charge in [0.15, 0.2) is 15.4 Å². The number of sulfone groups is 1. The Morgan fingerprint density at radius 1 is 1.26 bits per heavy atom. The van der Waals surface area contributed by atoms with E-state index in [2.05, 4.69) is 0 Å². The van der Waals surface area contributed by atoms with Crippen LogP contribution in [-0.4, -0.2) is 35.8 Å². The maximum Gasteiger partial charge on any atom is 0.289 e. The third-order valence-electron chi connectivity index (χ3n) is 2.66. The zero-order valence-corrected chi connectivity index (χ0v) is 10.7. The lowest BCUT2D eigenvalue weighted by Crippen LogP contribution is -2.23. The van der Waals surface area contributed by atoms with Crippen molar-refractivity contribution >= 4 is 20.9 Å². The molecule has 0 saturated carbocycles. The lowest BCUT2D eigenvalue weighted by atomic mass is 10.3. The number of benzene rings is 1. The molecule has 0 aliphatic rings. The summed E-state index contributed by atoms with van der Waals surface area (Å²) >= 11 is 0. The molecule has 1 heterocycles. The van der Waals surface area contributed by atoms with Gasteiger partial charge in [-0.25, -0.2) is 8.42 Å². The molecule has 1 aromatic heterocycles. The average molecular weight is 285 g/mol. The highest BCUT2D eigenvalue weighted by Gasteiger charge is 2.20. The van der Waals surface area contributed by atoms with Crippen molar-refractivity contribution in [3.63, 3.8) is 0 Å². The number of fused-ring (bicyclic) bond motifs is 1. The van der Waals surface area contributed by atoms with Gasteiger partial charge in [-0.05, 0) is 6.07 Å². The molecule has 0 amide bonds. The Balaban J connectivity index is 2.57. The maximum atomic E-state index is 11.7. The first-order valence-electron chi connectivity index (χ1n) is 5.51. The molecule has 0 radical (unpaired) electrons. The number of aliphatic hydroxyl groups is 1. The van der Waals surface area contributed by atoms with E-state index >= 15 is 0 Å². The van der Waals surface area contributed by atoms with Crippen LogP contribution in [0, 0.1) is 4.91 Å². The second-order valence-electron chi connectivity index (χ2n) is 4.06. The highest BCUT2D eigenvalue weighted by molar-refractivity contribution is 7.90. The molecule has 2 aromatic rings. The van der Waals surface area contributed by atoms with Gasteiger partial charge in [0.2, 0.25) is 0 Å². The van der Waals surface area contributed by atoms with E-state index in [0.29, 0.717) is 9.16 Å². The number of aliphatic hydroxyl groups excluding tert-OH is 1. The van der Waals surface area contributed by atoms with E-state index in [1.807, 2.05) is 0 Å². The summed E-state index contributed by atoms with van der Waals surface area (Å²) in [5.74, 6) is -0.935. The van der Waals surface area contributed by atoms with Crippen molar-refractivity contribution in [3.8, 4) is 0 Å². The first-order chi connectivity index (χ1) is 8.94. The van der Waals surface area contributed by atoms with Gasteiger partial charge in [0.25, 0.3) is 11.7 Å². The van der Waals surface area contributed by atoms with Gasteiger partial charge in [-0.2, -0.15) is 4.73 Å². The lowest BCUT2D eigenvalue weighted by Gasteiger charge is -2.06. The van der Waals surface area contributed by atoms with E-state index in [-0.39, 0.29) is 16.7 Å². The standard InChI is InChI=1S/C11H13N2O5S/c14-5-6-19(17,18)8-9-7-12(15)10-3-1-2-4-11(10)13(9)16/h1-4,7,14,16H,5-6,8H2/q+1. The van der Waals surface area contributed by atoms with Crippen LogP contribution in [0.25, 0.3) is 11.0 Å². The number of aromatic nitrogens is 2. The summed E-state index contributed by atoms with van der Waals surface area (Å²) in [5, 5.41) is 18.6.